The van der Waals surface area contributed by atoms with Crippen LogP contribution >= 0.6 is 0 Å². The normalized spacial score (nSPS) is 20.1. The summed E-state index contributed by atoms with van der Waals surface area (Å²) >= 11 is 0. The Morgan fingerprint density at radius 3 is 2.48 bits per heavy atom. The highest BCUT2D eigenvalue weighted by Gasteiger charge is 2.40. The first-order chi connectivity index (χ1) is 13.0. The van der Waals surface area contributed by atoms with Gasteiger partial charge in [-0.15, -0.1) is 0 Å². The van der Waals surface area contributed by atoms with Crippen LogP contribution in [0.25, 0.3) is 11.4 Å². The Labute approximate surface area is 159 Å². The summed E-state index contributed by atoms with van der Waals surface area (Å²) in [6.07, 6.45) is 3.75. The molecule has 4 rings (SSSR count). The number of piperazine rings is 1. The van der Waals surface area contributed by atoms with Gasteiger partial charge in [-0.2, -0.15) is 4.98 Å². The van der Waals surface area contributed by atoms with E-state index >= 15 is 0 Å². The number of hydrogen-bond acceptors (Lipinski definition) is 6. The van der Waals surface area contributed by atoms with Crippen molar-refractivity contribution in [3.63, 3.8) is 0 Å². The van der Waals surface area contributed by atoms with E-state index in [2.05, 4.69) is 22.0 Å². The Balaban J connectivity index is 1.32. The van der Waals surface area contributed by atoms with E-state index in [1.54, 1.807) is 0 Å². The molecule has 144 valence electrons. The number of carbonyl (C=O) groups is 1. The van der Waals surface area contributed by atoms with Gasteiger partial charge in [0.15, 0.2) is 0 Å². The molecule has 1 saturated heterocycles. The molecule has 1 amide bonds. The zero-order chi connectivity index (χ0) is 18.9. The number of benzene rings is 1. The summed E-state index contributed by atoms with van der Waals surface area (Å²) in [6.45, 7) is 5.66. The summed E-state index contributed by atoms with van der Waals surface area (Å²) in [6, 6.07) is 8.08. The first-order valence-electron chi connectivity index (χ1n) is 9.74. The molecule has 1 aliphatic carbocycles. The third-order valence-corrected chi connectivity index (χ3v) is 5.72. The van der Waals surface area contributed by atoms with Gasteiger partial charge in [-0.25, -0.2) is 0 Å². The van der Waals surface area contributed by atoms with E-state index in [0.717, 1.165) is 44.3 Å². The number of amides is 1. The summed E-state index contributed by atoms with van der Waals surface area (Å²) in [5.74, 6) is 1.35. The minimum atomic E-state index is -0.627. The van der Waals surface area contributed by atoms with E-state index in [0.29, 0.717) is 31.3 Å². The first-order valence-corrected chi connectivity index (χ1v) is 9.74. The summed E-state index contributed by atoms with van der Waals surface area (Å²) < 4.78 is 5.42. The van der Waals surface area contributed by atoms with E-state index in [4.69, 9.17) is 10.3 Å². The van der Waals surface area contributed by atoms with E-state index in [1.807, 2.05) is 29.2 Å². The van der Waals surface area contributed by atoms with E-state index < -0.39 is 5.54 Å². The molecule has 0 radical (unpaired) electrons. The van der Waals surface area contributed by atoms with Crippen LogP contribution in [-0.4, -0.2) is 57.6 Å². The molecule has 7 nitrogen and oxygen atoms in total. The van der Waals surface area contributed by atoms with Crippen LogP contribution in [-0.2, 0) is 11.3 Å². The molecule has 7 heteroatoms. The van der Waals surface area contributed by atoms with Gasteiger partial charge in [0.25, 0.3) is 0 Å². The lowest BCUT2D eigenvalue weighted by atomic mass is 9.97. The monoisotopic (exact) mass is 369 g/mol. The lowest BCUT2D eigenvalue weighted by molar-refractivity contribution is -0.138. The van der Waals surface area contributed by atoms with Crippen molar-refractivity contribution in [2.75, 3.05) is 26.2 Å². The van der Waals surface area contributed by atoms with E-state index in [9.17, 15) is 4.79 Å². The Bertz CT molecular complexity index is 787. The van der Waals surface area contributed by atoms with Crippen molar-refractivity contribution in [3.8, 4) is 11.4 Å². The van der Waals surface area contributed by atoms with Gasteiger partial charge in [0, 0.05) is 31.7 Å². The largest absolute Gasteiger partial charge is 0.339 e. The smallest absolute Gasteiger partial charge is 0.242 e. The van der Waals surface area contributed by atoms with Crippen LogP contribution in [0.2, 0.25) is 0 Å². The fourth-order valence-corrected chi connectivity index (χ4v) is 3.97. The van der Waals surface area contributed by atoms with Crippen molar-refractivity contribution in [2.24, 2.45) is 5.73 Å². The van der Waals surface area contributed by atoms with Crippen molar-refractivity contribution in [1.82, 2.24) is 19.9 Å². The molecule has 27 heavy (non-hydrogen) atoms. The predicted molar refractivity (Wildman–Crippen MR) is 102 cm³/mol. The highest BCUT2D eigenvalue weighted by molar-refractivity contribution is 5.86. The zero-order valence-corrected chi connectivity index (χ0v) is 15.9. The molecular formula is C20H27N5O2. The fraction of sp³-hybridized carbons (Fsp3) is 0.550. The minimum Gasteiger partial charge on any atom is -0.339 e. The molecule has 2 heterocycles. The van der Waals surface area contributed by atoms with Crippen molar-refractivity contribution in [3.05, 3.63) is 35.7 Å². The van der Waals surface area contributed by atoms with Gasteiger partial charge in [0.05, 0.1) is 12.1 Å². The van der Waals surface area contributed by atoms with Gasteiger partial charge >= 0.3 is 0 Å². The summed E-state index contributed by atoms with van der Waals surface area (Å²) in [7, 11) is 0. The maximum absolute atomic E-state index is 12.7. The van der Waals surface area contributed by atoms with Crippen LogP contribution < -0.4 is 5.73 Å². The number of aromatic nitrogens is 2. The molecule has 0 unspecified atom stereocenters. The predicted octanol–water partition coefficient (Wildman–Crippen LogP) is 1.96. The van der Waals surface area contributed by atoms with Crippen molar-refractivity contribution < 1.29 is 9.32 Å². The number of nitrogens with zero attached hydrogens (tertiary/aromatic N) is 4. The van der Waals surface area contributed by atoms with Gasteiger partial charge in [0.1, 0.15) is 0 Å². The number of aryl methyl sites for hydroxylation is 1. The third-order valence-electron chi connectivity index (χ3n) is 5.72. The lowest BCUT2D eigenvalue weighted by Gasteiger charge is -2.38. The van der Waals surface area contributed by atoms with E-state index in [-0.39, 0.29) is 5.91 Å². The Hall–Kier alpha value is -2.25. The fourth-order valence-electron chi connectivity index (χ4n) is 3.97. The number of carbonyl (C=O) groups excluding carboxylic acids is 1. The SMILES string of the molecule is Cc1ccc(-c2noc(CN3CCN(C(=O)C4(N)CCCC4)CC3)n2)cc1. The molecule has 0 atom stereocenters. The van der Waals surface area contributed by atoms with Crippen molar-refractivity contribution in [2.45, 2.75) is 44.7 Å². The van der Waals surface area contributed by atoms with Gasteiger partial charge in [-0.05, 0) is 19.8 Å². The molecule has 2 aromatic rings. The lowest BCUT2D eigenvalue weighted by Crippen LogP contribution is -2.58. The minimum absolute atomic E-state index is 0.124. The van der Waals surface area contributed by atoms with Crippen molar-refractivity contribution in [1.29, 1.82) is 0 Å². The molecular weight excluding hydrogens is 342 g/mol. The highest BCUT2D eigenvalue weighted by Crippen LogP contribution is 2.29. The topological polar surface area (TPSA) is 88.5 Å². The zero-order valence-electron chi connectivity index (χ0n) is 15.9. The van der Waals surface area contributed by atoms with Crippen LogP contribution in [0, 0.1) is 6.92 Å². The maximum Gasteiger partial charge on any atom is 0.242 e. The van der Waals surface area contributed by atoms with Crippen LogP contribution in [0.5, 0.6) is 0 Å². The highest BCUT2D eigenvalue weighted by atomic mass is 16.5. The van der Waals surface area contributed by atoms with Gasteiger partial charge in [-0.1, -0.05) is 47.8 Å². The molecule has 1 aromatic heterocycles. The molecule has 1 aromatic carbocycles. The van der Waals surface area contributed by atoms with Gasteiger partial charge in [0.2, 0.25) is 17.6 Å². The number of nitrogens with two attached hydrogens (primary N) is 1. The van der Waals surface area contributed by atoms with Crippen LogP contribution in [0.15, 0.2) is 28.8 Å². The second kappa shape index (κ2) is 7.40. The summed E-state index contributed by atoms with van der Waals surface area (Å²) in [5, 5.41) is 4.09. The molecule has 2 aliphatic rings. The van der Waals surface area contributed by atoms with Crippen molar-refractivity contribution >= 4 is 5.91 Å². The average molecular weight is 369 g/mol. The van der Waals surface area contributed by atoms with Crippen LogP contribution in [0.3, 0.4) is 0 Å². The molecule has 1 aliphatic heterocycles. The Morgan fingerprint density at radius 2 is 1.81 bits per heavy atom. The standard InChI is InChI=1S/C20H27N5O2/c1-15-4-6-16(7-5-15)18-22-17(27-23-18)14-24-10-12-25(13-11-24)19(26)20(21)8-2-3-9-20/h4-7H,2-3,8-14,21H2,1H3. The number of hydrogen-bond donors (Lipinski definition) is 1. The molecule has 2 N–H and O–H groups in total. The second-order valence-corrected chi connectivity index (χ2v) is 7.81. The number of rotatable bonds is 4. The summed E-state index contributed by atoms with van der Waals surface area (Å²) in [5.41, 5.74) is 7.85. The molecule has 1 saturated carbocycles. The quantitative estimate of drug-likeness (QED) is 0.886. The maximum atomic E-state index is 12.7. The van der Waals surface area contributed by atoms with Crippen LogP contribution in [0.4, 0.5) is 0 Å². The average Bonchev–Trinajstić information content (AvgIpc) is 3.32. The second-order valence-electron chi connectivity index (χ2n) is 7.81. The van der Waals surface area contributed by atoms with E-state index in [1.165, 1.54) is 5.56 Å². The Kier molecular flexibility index (Phi) is 4.97. The van der Waals surface area contributed by atoms with Gasteiger partial charge in [-0.3, -0.25) is 9.69 Å². The first kappa shape index (κ1) is 18.1. The third kappa shape index (κ3) is 3.89. The molecule has 0 bridgehead atoms. The summed E-state index contributed by atoms with van der Waals surface area (Å²) in [4.78, 5) is 21.4. The molecule has 2 fully saturated rings. The molecule has 0 spiro atoms. The van der Waals surface area contributed by atoms with Gasteiger partial charge < -0.3 is 15.2 Å². The Morgan fingerprint density at radius 1 is 1.15 bits per heavy atom. The van der Waals surface area contributed by atoms with Crippen LogP contribution in [0.1, 0.15) is 37.1 Å².